The Morgan fingerprint density at radius 3 is 2.61 bits per heavy atom. The van der Waals surface area contributed by atoms with Crippen LogP contribution in [0, 0.1) is 12.3 Å². The fourth-order valence-corrected chi connectivity index (χ4v) is 1.74. The molecule has 0 saturated heterocycles. The maximum Gasteiger partial charge on any atom is 0.303 e. The fraction of sp³-hybridized carbons (Fsp3) is 0.462. The average molecular weight is 250 g/mol. The van der Waals surface area contributed by atoms with Gasteiger partial charge in [0.1, 0.15) is 0 Å². The summed E-state index contributed by atoms with van der Waals surface area (Å²) in [6.45, 7) is 5.36. The van der Waals surface area contributed by atoms with Crippen LogP contribution in [-0.4, -0.2) is 22.0 Å². The maximum atomic E-state index is 11.8. The quantitative estimate of drug-likeness (QED) is 0.839. The first-order valence-corrected chi connectivity index (χ1v) is 5.73. The molecule has 0 bridgehead atoms. The van der Waals surface area contributed by atoms with E-state index in [2.05, 4.69) is 10.3 Å². The molecular weight excluding hydrogens is 232 g/mol. The van der Waals surface area contributed by atoms with Crippen molar-refractivity contribution >= 4 is 17.6 Å². The molecule has 0 aliphatic heterocycles. The van der Waals surface area contributed by atoms with Crippen LogP contribution in [0.4, 0.5) is 5.69 Å². The number of amides is 1. The van der Waals surface area contributed by atoms with E-state index in [1.165, 1.54) is 0 Å². The number of carboxylic acids is 1. The summed E-state index contributed by atoms with van der Waals surface area (Å²) < 4.78 is 0. The summed E-state index contributed by atoms with van der Waals surface area (Å²) in [4.78, 5) is 26.5. The van der Waals surface area contributed by atoms with Crippen molar-refractivity contribution in [3.63, 3.8) is 0 Å². The maximum absolute atomic E-state index is 11.8. The molecule has 5 heteroatoms. The van der Waals surface area contributed by atoms with Crippen molar-refractivity contribution in [1.29, 1.82) is 0 Å². The number of hydrogen-bond donors (Lipinski definition) is 2. The molecule has 1 amide bonds. The molecule has 5 nitrogen and oxygen atoms in total. The van der Waals surface area contributed by atoms with Crippen LogP contribution >= 0.6 is 0 Å². The topological polar surface area (TPSA) is 79.3 Å². The van der Waals surface area contributed by atoms with Gasteiger partial charge < -0.3 is 10.4 Å². The molecule has 1 aromatic heterocycles. The Labute approximate surface area is 106 Å². The number of rotatable bonds is 5. The van der Waals surface area contributed by atoms with Crippen molar-refractivity contribution in [3.8, 4) is 0 Å². The lowest BCUT2D eigenvalue weighted by atomic mass is 9.85. The van der Waals surface area contributed by atoms with E-state index < -0.39 is 11.4 Å². The highest BCUT2D eigenvalue weighted by molar-refractivity contribution is 5.91. The van der Waals surface area contributed by atoms with E-state index in [1.54, 1.807) is 32.2 Å². The van der Waals surface area contributed by atoms with Gasteiger partial charge in [0.2, 0.25) is 5.91 Å². The minimum absolute atomic E-state index is 0.0320. The Balaban J connectivity index is 2.59. The van der Waals surface area contributed by atoms with Crippen molar-refractivity contribution < 1.29 is 14.7 Å². The van der Waals surface area contributed by atoms with Crippen molar-refractivity contribution in [1.82, 2.24) is 4.98 Å². The van der Waals surface area contributed by atoms with Crippen LogP contribution in [0.1, 0.15) is 32.4 Å². The van der Waals surface area contributed by atoms with E-state index in [-0.39, 0.29) is 18.7 Å². The summed E-state index contributed by atoms with van der Waals surface area (Å²) in [7, 11) is 0. The Hall–Kier alpha value is -1.91. The first kappa shape index (κ1) is 14.2. The second kappa shape index (κ2) is 5.62. The molecule has 0 radical (unpaired) electrons. The van der Waals surface area contributed by atoms with Gasteiger partial charge in [-0.3, -0.25) is 14.6 Å². The van der Waals surface area contributed by atoms with Gasteiger partial charge >= 0.3 is 5.97 Å². The van der Waals surface area contributed by atoms with E-state index in [0.29, 0.717) is 5.69 Å². The average Bonchev–Trinajstić information content (AvgIpc) is 2.13. The number of anilines is 1. The summed E-state index contributed by atoms with van der Waals surface area (Å²) in [6, 6.07) is 3.47. The summed E-state index contributed by atoms with van der Waals surface area (Å²) >= 11 is 0. The number of carbonyl (C=O) groups is 2. The second-order valence-corrected chi connectivity index (χ2v) is 5.15. The zero-order chi connectivity index (χ0) is 13.8. The van der Waals surface area contributed by atoms with E-state index in [1.807, 2.05) is 6.92 Å². The van der Waals surface area contributed by atoms with Gasteiger partial charge in [0, 0.05) is 24.0 Å². The highest BCUT2D eigenvalue weighted by atomic mass is 16.4. The second-order valence-electron chi connectivity index (χ2n) is 5.15. The normalized spacial score (nSPS) is 11.1. The molecule has 1 aromatic rings. The molecule has 0 aliphatic rings. The minimum Gasteiger partial charge on any atom is -0.481 e. The molecule has 1 rings (SSSR count). The number of nitrogens with one attached hydrogen (secondary N) is 1. The summed E-state index contributed by atoms with van der Waals surface area (Å²) in [5, 5.41) is 11.5. The van der Waals surface area contributed by atoms with Crippen molar-refractivity contribution in [2.45, 2.75) is 33.6 Å². The van der Waals surface area contributed by atoms with Crippen LogP contribution in [0.25, 0.3) is 0 Å². The number of carboxylic acid groups (broad SMARTS) is 1. The number of aliphatic carboxylic acids is 1. The van der Waals surface area contributed by atoms with E-state index in [4.69, 9.17) is 5.11 Å². The van der Waals surface area contributed by atoms with E-state index in [9.17, 15) is 9.59 Å². The van der Waals surface area contributed by atoms with Gasteiger partial charge in [0.25, 0.3) is 0 Å². The third kappa shape index (κ3) is 4.95. The van der Waals surface area contributed by atoms with Gasteiger partial charge in [-0.05, 0) is 24.5 Å². The Morgan fingerprint density at radius 1 is 1.39 bits per heavy atom. The van der Waals surface area contributed by atoms with Crippen LogP contribution in [0.2, 0.25) is 0 Å². The molecule has 0 unspecified atom stereocenters. The van der Waals surface area contributed by atoms with Crippen LogP contribution in [0.15, 0.2) is 18.3 Å². The standard InChI is InChI=1S/C13H18N2O3/c1-9-6-10(4-5-14-9)15-11(16)7-13(2,3)8-12(17)18/h4-6H,7-8H2,1-3H3,(H,17,18)(H,14,15,16). The predicted molar refractivity (Wildman–Crippen MR) is 68.3 cm³/mol. The molecule has 0 aliphatic carbocycles. The van der Waals surface area contributed by atoms with Gasteiger partial charge in [-0.15, -0.1) is 0 Å². The number of aromatic nitrogens is 1. The molecule has 1 heterocycles. The Morgan fingerprint density at radius 2 is 2.06 bits per heavy atom. The Kier molecular flexibility index (Phi) is 4.42. The Bertz CT molecular complexity index is 455. The largest absolute Gasteiger partial charge is 0.481 e. The first-order chi connectivity index (χ1) is 8.28. The van der Waals surface area contributed by atoms with Crippen LogP contribution in [0.5, 0.6) is 0 Å². The van der Waals surface area contributed by atoms with Gasteiger partial charge in [-0.2, -0.15) is 0 Å². The van der Waals surface area contributed by atoms with E-state index >= 15 is 0 Å². The molecule has 0 atom stereocenters. The number of carbonyl (C=O) groups excluding carboxylic acids is 1. The van der Waals surface area contributed by atoms with Crippen LogP contribution < -0.4 is 5.32 Å². The molecule has 0 saturated carbocycles. The third-order valence-corrected chi connectivity index (χ3v) is 2.45. The lowest BCUT2D eigenvalue weighted by molar-refractivity contribution is -0.139. The minimum atomic E-state index is -0.896. The van der Waals surface area contributed by atoms with Crippen LogP contribution in [-0.2, 0) is 9.59 Å². The predicted octanol–water partition coefficient (Wildman–Crippen LogP) is 2.22. The van der Waals surface area contributed by atoms with Crippen LogP contribution in [0.3, 0.4) is 0 Å². The van der Waals surface area contributed by atoms with Crippen molar-refractivity contribution in [2.75, 3.05) is 5.32 Å². The molecule has 98 valence electrons. The fourth-order valence-electron chi connectivity index (χ4n) is 1.74. The summed E-state index contributed by atoms with van der Waals surface area (Å²) in [6.07, 6.45) is 1.75. The monoisotopic (exact) mass is 250 g/mol. The third-order valence-electron chi connectivity index (χ3n) is 2.45. The number of aryl methyl sites for hydroxylation is 1. The summed E-state index contributed by atoms with van der Waals surface area (Å²) in [5.41, 5.74) is 0.939. The highest BCUT2D eigenvalue weighted by Gasteiger charge is 2.25. The number of nitrogens with zero attached hydrogens (tertiary/aromatic N) is 1. The lowest BCUT2D eigenvalue weighted by Gasteiger charge is -2.21. The zero-order valence-corrected chi connectivity index (χ0v) is 10.9. The smallest absolute Gasteiger partial charge is 0.303 e. The number of hydrogen-bond acceptors (Lipinski definition) is 3. The summed E-state index contributed by atoms with van der Waals surface area (Å²) in [5.74, 6) is -1.08. The number of pyridine rings is 1. The highest BCUT2D eigenvalue weighted by Crippen LogP contribution is 2.25. The van der Waals surface area contributed by atoms with E-state index in [0.717, 1.165) is 5.69 Å². The van der Waals surface area contributed by atoms with Gasteiger partial charge in [-0.25, -0.2) is 0 Å². The molecule has 0 fully saturated rings. The van der Waals surface area contributed by atoms with Gasteiger partial charge in [-0.1, -0.05) is 13.8 Å². The van der Waals surface area contributed by atoms with Crippen molar-refractivity contribution in [2.24, 2.45) is 5.41 Å². The molecule has 0 aromatic carbocycles. The lowest BCUT2D eigenvalue weighted by Crippen LogP contribution is -2.24. The molecule has 18 heavy (non-hydrogen) atoms. The molecule has 0 spiro atoms. The molecular formula is C13H18N2O3. The zero-order valence-electron chi connectivity index (χ0n) is 10.9. The molecule has 2 N–H and O–H groups in total. The first-order valence-electron chi connectivity index (χ1n) is 5.73. The SMILES string of the molecule is Cc1cc(NC(=O)CC(C)(C)CC(=O)O)ccn1. The van der Waals surface area contributed by atoms with Gasteiger partial charge in [0.05, 0.1) is 6.42 Å². The van der Waals surface area contributed by atoms with Gasteiger partial charge in [0.15, 0.2) is 0 Å². The van der Waals surface area contributed by atoms with Crippen molar-refractivity contribution in [3.05, 3.63) is 24.0 Å².